The zero-order valence-electron chi connectivity index (χ0n) is 13.4. The zero-order chi connectivity index (χ0) is 16.7. The first kappa shape index (κ1) is 20.1. The van der Waals surface area contributed by atoms with Gasteiger partial charge in [-0.3, -0.25) is 0 Å². The van der Waals surface area contributed by atoms with Gasteiger partial charge in [-0.15, -0.1) is 17.9 Å². The third-order valence-corrected chi connectivity index (χ3v) is 3.35. The van der Waals surface area contributed by atoms with Crippen LogP contribution in [0.2, 0.25) is 0 Å². The Morgan fingerprint density at radius 3 is 2.00 bits per heavy atom. The van der Waals surface area contributed by atoms with Crippen LogP contribution in [0.3, 0.4) is 0 Å². The van der Waals surface area contributed by atoms with Gasteiger partial charge in [0.15, 0.2) is 0 Å². The van der Waals surface area contributed by atoms with Crippen molar-refractivity contribution in [3.05, 3.63) is 82.7 Å². The molecule has 0 aliphatic rings. The van der Waals surface area contributed by atoms with E-state index in [9.17, 15) is 10.1 Å². The molecule has 2 aromatic carbocycles. The van der Waals surface area contributed by atoms with E-state index in [2.05, 4.69) is 10.1 Å². The predicted molar refractivity (Wildman–Crippen MR) is 92.5 cm³/mol. The topological polar surface area (TPSA) is 64.2 Å². The van der Waals surface area contributed by atoms with Gasteiger partial charge in [-0.05, 0) is 11.1 Å². The number of hydrogen-bond donors (Lipinski definition) is 0. The second-order valence-electron chi connectivity index (χ2n) is 4.48. The van der Waals surface area contributed by atoms with E-state index in [-0.39, 0.29) is 40.8 Å². The molecule has 0 aliphatic carbocycles. The minimum atomic E-state index is -0.744. The van der Waals surface area contributed by atoms with Gasteiger partial charge in [0.25, 0.3) is 0 Å². The average Bonchev–Trinajstić information content (AvgIpc) is 2.62. The Bertz CT molecular complexity index is 784. The number of rotatable bonds is 4. The van der Waals surface area contributed by atoms with Crippen LogP contribution >= 0.6 is 12.2 Å². The molecule has 2 rings (SSSR count). The number of thiocarbonyl (C=S) groups is 1. The van der Waals surface area contributed by atoms with Crippen LogP contribution < -0.4 is 29.6 Å². The van der Waals surface area contributed by atoms with E-state index in [0.717, 1.165) is 5.56 Å². The van der Waals surface area contributed by atoms with E-state index in [4.69, 9.17) is 12.2 Å². The van der Waals surface area contributed by atoms with Crippen molar-refractivity contribution in [1.29, 1.82) is 5.26 Å². The minimum absolute atomic E-state index is 0. The molecule has 24 heavy (non-hydrogen) atoms. The Morgan fingerprint density at radius 1 is 1.04 bits per heavy atom. The zero-order valence-corrected chi connectivity index (χ0v) is 16.2. The number of benzene rings is 2. The van der Waals surface area contributed by atoms with Crippen LogP contribution in [0.25, 0.3) is 11.0 Å². The quantitative estimate of drug-likeness (QED) is 0.271. The summed E-state index contributed by atoms with van der Waals surface area (Å²) >= 11 is 5.32. The molecule has 0 fully saturated rings. The second-order valence-corrected chi connectivity index (χ2v) is 4.86. The molecule has 4 nitrogen and oxygen atoms in total. The minimum Gasteiger partial charge on any atom is -0.646 e. The molecule has 0 bridgehead atoms. The van der Waals surface area contributed by atoms with Gasteiger partial charge in [-0.25, -0.2) is 4.79 Å². The second kappa shape index (κ2) is 10.0. The summed E-state index contributed by atoms with van der Waals surface area (Å²) in [6, 6.07) is 20.0. The maximum Gasteiger partial charge on any atom is 1.00 e. The smallest absolute Gasteiger partial charge is 0.646 e. The number of nitrogens with zero attached hydrogens (tertiary/aromatic N) is 2. The Kier molecular flexibility index (Phi) is 8.37. The fraction of sp³-hybridized carbons (Fsp3) is 0.0556. The van der Waals surface area contributed by atoms with Gasteiger partial charge in [0.05, 0.1) is 7.11 Å². The molecule has 6 heteroatoms. The van der Waals surface area contributed by atoms with E-state index >= 15 is 0 Å². The third kappa shape index (κ3) is 5.02. The number of nitriles is 1. The molecule has 0 saturated heterocycles. The van der Waals surface area contributed by atoms with Crippen LogP contribution in [-0.4, -0.2) is 18.1 Å². The van der Waals surface area contributed by atoms with Gasteiger partial charge in [0.1, 0.15) is 11.6 Å². The maximum absolute atomic E-state index is 11.9. The first-order valence-corrected chi connectivity index (χ1v) is 7.17. The van der Waals surface area contributed by atoms with Gasteiger partial charge in [0, 0.05) is 0 Å². The van der Waals surface area contributed by atoms with Crippen LogP contribution in [-0.2, 0) is 9.53 Å². The molecule has 0 spiro atoms. The Balaban J connectivity index is 0.00000288. The summed E-state index contributed by atoms with van der Waals surface area (Å²) < 4.78 is 4.67. The molecule has 0 unspecified atom stereocenters. The number of methoxy groups -OCH3 is 1. The average molecular weight is 344 g/mol. The van der Waals surface area contributed by atoms with Crippen molar-refractivity contribution in [2.24, 2.45) is 0 Å². The van der Waals surface area contributed by atoms with Gasteiger partial charge in [-0.1, -0.05) is 65.7 Å². The number of carbonyl (C=O) groups is 1. The van der Waals surface area contributed by atoms with Crippen LogP contribution in [0, 0.1) is 11.3 Å². The Hall–Kier alpha value is -1.97. The third-order valence-electron chi connectivity index (χ3n) is 3.02. The summed E-state index contributed by atoms with van der Waals surface area (Å²) in [5.41, 5.74) is 1.37. The largest absolute Gasteiger partial charge is 1.00 e. The summed E-state index contributed by atoms with van der Waals surface area (Å²) in [5.74, 6) is -0.744. The molecule has 0 saturated carbocycles. The molecule has 2 aromatic rings. The van der Waals surface area contributed by atoms with Crippen LogP contribution in [0.5, 0.6) is 0 Å². The number of ether oxygens (including phenoxy) is 1. The van der Waals surface area contributed by atoms with Gasteiger partial charge < -0.3 is 10.1 Å². The normalized spacial score (nSPS) is 10.5. The molecule has 0 aromatic heterocycles. The van der Waals surface area contributed by atoms with Gasteiger partial charge in [-0.2, -0.15) is 5.26 Å². The Morgan fingerprint density at radius 2 is 1.54 bits per heavy atom. The van der Waals surface area contributed by atoms with Crippen LogP contribution in [0.4, 0.5) is 0 Å². The molecule has 0 amide bonds. The molecule has 0 heterocycles. The van der Waals surface area contributed by atoms with Crippen molar-refractivity contribution in [3.8, 4) is 6.07 Å². The Labute approximate surface area is 168 Å². The SMILES string of the molecule is COC(=O)/C(C#N)=C(\[N-]C(=S)c1ccccc1)c1ccccc1.[Na+]. The van der Waals surface area contributed by atoms with Gasteiger partial charge >= 0.3 is 35.5 Å². The fourth-order valence-electron chi connectivity index (χ4n) is 1.90. The number of hydrogen-bond acceptors (Lipinski definition) is 4. The molecular formula is C18H13N2NaO2S. The van der Waals surface area contributed by atoms with Crippen LogP contribution in [0.1, 0.15) is 11.1 Å². The number of carbonyl (C=O) groups excluding carboxylic acids is 1. The standard InChI is InChI=1S/C18H14N2O2S.Na/c1-22-18(21)15(12-19)16(13-8-4-2-5-9-13)20-17(23)14-10-6-3-7-11-14;/h2-11H,1H3,(H,20,21,23);/q;+1/p-1. The molecule has 0 N–H and O–H groups in total. The molecule has 114 valence electrons. The fourth-order valence-corrected chi connectivity index (χ4v) is 2.13. The molecule has 0 atom stereocenters. The summed E-state index contributed by atoms with van der Waals surface area (Å²) in [5, 5.41) is 13.7. The maximum atomic E-state index is 11.9. The van der Waals surface area contributed by atoms with Crippen molar-refractivity contribution >= 4 is 28.9 Å². The molecule has 0 aliphatic heterocycles. The molecular weight excluding hydrogens is 331 g/mol. The van der Waals surface area contributed by atoms with Crippen molar-refractivity contribution in [1.82, 2.24) is 0 Å². The van der Waals surface area contributed by atoms with E-state index in [0.29, 0.717) is 10.6 Å². The van der Waals surface area contributed by atoms with Crippen molar-refractivity contribution in [3.63, 3.8) is 0 Å². The van der Waals surface area contributed by atoms with E-state index in [1.807, 2.05) is 42.5 Å². The van der Waals surface area contributed by atoms with E-state index in [1.165, 1.54) is 7.11 Å². The van der Waals surface area contributed by atoms with Crippen molar-refractivity contribution in [2.75, 3.05) is 7.11 Å². The monoisotopic (exact) mass is 344 g/mol. The summed E-state index contributed by atoms with van der Waals surface area (Å²) in [6.07, 6.45) is 0. The van der Waals surface area contributed by atoms with E-state index in [1.54, 1.807) is 24.3 Å². The van der Waals surface area contributed by atoms with Gasteiger partial charge in [0.2, 0.25) is 0 Å². The molecule has 0 radical (unpaired) electrons. The van der Waals surface area contributed by atoms with Crippen molar-refractivity contribution in [2.45, 2.75) is 0 Å². The first-order chi connectivity index (χ1) is 11.2. The van der Waals surface area contributed by atoms with E-state index < -0.39 is 5.97 Å². The van der Waals surface area contributed by atoms with Crippen molar-refractivity contribution < 1.29 is 39.1 Å². The first-order valence-electron chi connectivity index (χ1n) is 6.76. The summed E-state index contributed by atoms with van der Waals surface area (Å²) in [7, 11) is 1.22. The summed E-state index contributed by atoms with van der Waals surface area (Å²) in [6.45, 7) is 0. The van der Waals surface area contributed by atoms with Crippen LogP contribution in [0.15, 0.2) is 66.2 Å². The summed E-state index contributed by atoms with van der Waals surface area (Å²) in [4.78, 5) is 12.2. The number of esters is 1. The predicted octanol–water partition coefficient (Wildman–Crippen LogP) is 0.848.